The molecule has 3 aromatic rings. The highest BCUT2D eigenvalue weighted by Crippen LogP contribution is 2.42. The molecule has 0 bridgehead atoms. The largest absolute Gasteiger partial charge is 0.477 e. The van der Waals surface area contributed by atoms with E-state index in [1.807, 2.05) is 12.1 Å². The number of carboxylic acid groups (broad SMARTS) is 1. The van der Waals surface area contributed by atoms with Crippen LogP contribution in [0.1, 0.15) is 52.5 Å². The number of aliphatic imine (C=N–C) groups is 1. The number of benzene rings is 1. The summed E-state index contributed by atoms with van der Waals surface area (Å²) in [6.07, 6.45) is 6.70. The number of allylic oxidation sites excluding steroid dienone is 1. The third kappa shape index (κ3) is 4.31. The number of hydrogen-bond acceptors (Lipinski definition) is 5. The fourth-order valence-corrected chi connectivity index (χ4v) is 5.34. The van der Waals surface area contributed by atoms with Crippen molar-refractivity contribution in [3.05, 3.63) is 75.1 Å². The Kier molecular flexibility index (Phi) is 5.87. The van der Waals surface area contributed by atoms with E-state index < -0.39 is 11.8 Å². The quantitative estimate of drug-likeness (QED) is 0.218. The molecule has 1 aliphatic carbocycles. The van der Waals surface area contributed by atoms with Crippen LogP contribution >= 0.6 is 22.9 Å². The third-order valence-corrected chi connectivity index (χ3v) is 7.52. The molecule has 2 aromatic heterocycles. The van der Waals surface area contributed by atoms with Crippen molar-refractivity contribution in [2.75, 3.05) is 5.73 Å². The van der Waals surface area contributed by atoms with E-state index in [-0.39, 0.29) is 16.4 Å². The number of thiophene rings is 1. The summed E-state index contributed by atoms with van der Waals surface area (Å²) in [5.74, 6) is -1.60. The second kappa shape index (κ2) is 8.85. The Hall–Kier alpha value is -3.23. The highest BCUT2D eigenvalue weighted by Gasteiger charge is 2.36. The zero-order valence-electron chi connectivity index (χ0n) is 18.0. The van der Waals surface area contributed by atoms with Crippen molar-refractivity contribution in [3.63, 3.8) is 0 Å². The average Bonchev–Trinajstić information content (AvgIpc) is 3.34. The molecule has 3 heterocycles. The zero-order chi connectivity index (χ0) is 24.0. The van der Waals surface area contributed by atoms with Gasteiger partial charge in [0.25, 0.3) is 0 Å². The minimum absolute atomic E-state index is 0.155. The summed E-state index contributed by atoms with van der Waals surface area (Å²) in [7, 11) is 0. The van der Waals surface area contributed by atoms with Gasteiger partial charge < -0.3 is 10.8 Å². The van der Waals surface area contributed by atoms with E-state index in [1.165, 1.54) is 5.38 Å². The second-order valence-corrected chi connectivity index (χ2v) is 10.0. The van der Waals surface area contributed by atoms with E-state index >= 15 is 0 Å². The maximum atomic E-state index is 14.6. The van der Waals surface area contributed by atoms with E-state index in [1.54, 1.807) is 30.6 Å². The molecule has 1 unspecified atom stereocenters. The molecule has 4 N–H and O–H groups in total. The molecule has 0 saturated heterocycles. The first-order valence-electron chi connectivity index (χ1n) is 10.9. The number of halogens is 2. The van der Waals surface area contributed by atoms with Crippen LogP contribution in [-0.2, 0) is 0 Å². The number of nitrogens with two attached hydrogens (primary N) is 1. The number of rotatable bonds is 7. The van der Waals surface area contributed by atoms with Crippen molar-refractivity contribution in [2.45, 2.75) is 31.6 Å². The summed E-state index contributed by atoms with van der Waals surface area (Å²) in [5.41, 5.74) is 10.5. The molecule has 1 atom stereocenters. The van der Waals surface area contributed by atoms with E-state index in [2.05, 4.69) is 4.99 Å². The molecule has 5 rings (SSSR count). The molecule has 2 aliphatic rings. The molecule has 1 saturated carbocycles. The number of aromatic carboxylic acids is 1. The van der Waals surface area contributed by atoms with E-state index in [4.69, 9.17) is 22.4 Å². The van der Waals surface area contributed by atoms with Crippen LogP contribution in [0.5, 0.6) is 0 Å². The molecule has 1 aromatic carbocycles. The van der Waals surface area contributed by atoms with Crippen LogP contribution in [0.3, 0.4) is 0 Å². The molecule has 174 valence electrons. The number of nitrogens with zero attached hydrogens (tertiary/aromatic N) is 2. The monoisotopic (exact) mass is 498 g/mol. The molecule has 9 heteroatoms. The lowest BCUT2D eigenvalue weighted by atomic mass is 9.88. The van der Waals surface area contributed by atoms with Gasteiger partial charge in [-0.05, 0) is 42.2 Å². The Morgan fingerprint density at radius 3 is 2.76 bits per heavy atom. The number of hydrogen-bond donors (Lipinski definition) is 3. The summed E-state index contributed by atoms with van der Waals surface area (Å²) in [5, 5.41) is 22.2. The van der Waals surface area contributed by atoms with E-state index in [0.29, 0.717) is 34.3 Å². The third-order valence-electron chi connectivity index (χ3n) is 6.34. The number of aromatic nitrogens is 1. The minimum atomic E-state index is -1.28. The van der Waals surface area contributed by atoms with Gasteiger partial charge in [-0.15, -0.1) is 11.3 Å². The van der Waals surface area contributed by atoms with Crippen LogP contribution < -0.4 is 10.5 Å². The summed E-state index contributed by atoms with van der Waals surface area (Å²) in [6.45, 7) is 0. The standard InChI is InChI=1S/C25H21ClFN3O3S/c26-16-4-5-20(28)17(9-16)14-3-6-22(30(33)11-14)18(7-13-1-2-13)21-8-15(10-29-21)19-12-34-24(23(19)27)25(31)32/h3-6,9-13,18H,1-2,7-8,28H2,(H-,31,32,33)/p+1. The number of pyridine rings is 1. The van der Waals surface area contributed by atoms with Gasteiger partial charge >= 0.3 is 5.97 Å². The lowest BCUT2D eigenvalue weighted by molar-refractivity contribution is -0.909. The van der Waals surface area contributed by atoms with Crippen LogP contribution in [0.25, 0.3) is 16.7 Å². The van der Waals surface area contributed by atoms with Crippen LogP contribution in [0, 0.1) is 11.7 Å². The smallest absolute Gasteiger partial charge is 0.348 e. The summed E-state index contributed by atoms with van der Waals surface area (Å²) >= 11 is 7.00. The first kappa shape index (κ1) is 22.6. The van der Waals surface area contributed by atoms with Gasteiger partial charge in [-0.3, -0.25) is 10.2 Å². The lowest BCUT2D eigenvalue weighted by Gasteiger charge is -2.15. The summed E-state index contributed by atoms with van der Waals surface area (Å²) in [6, 6.07) is 8.95. The maximum absolute atomic E-state index is 14.6. The number of nitrogen functional groups attached to an aromatic ring is 1. The second-order valence-electron chi connectivity index (χ2n) is 8.70. The van der Waals surface area contributed by atoms with Crippen LogP contribution in [0.2, 0.25) is 5.02 Å². The molecule has 34 heavy (non-hydrogen) atoms. The average molecular weight is 499 g/mol. The molecular formula is C25H22ClFN3O3S+. The molecule has 6 nitrogen and oxygen atoms in total. The number of carboxylic acids is 1. The SMILES string of the molecule is Nc1ccc(Cl)cc1-c1ccc(C(CC2CC2)C2=NC=C(c3csc(C(=O)O)c3F)C2)[n+](O)c1. The predicted molar refractivity (Wildman–Crippen MR) is 130 cm³/mol. The Labute approximate surface area is 204 Å². The topological polar surface area (TPSA) is 99.8 Å². The summed E-state index contributed by atoms with van der Waals surface area (Å²) < 4.78 is 15.7. The number of anilines is 1. The van der Waals surface area contributed by atoms with E-state index in [0.717, 1.165) is 52.2 Å². The molecule has 1 fully saturated rings. The van der Waals surface area contributed by atoms with Gasteiger partial charge in [0, 0.05) is 56.3 Å². The molecular weight excluding hydrogens is 477 g/mol. The first-order valence-corrected chi connectivity index (χ1v) is 12.1. The molecule has 0 spiro atoms. The highest BCUT2D eigenvalue weighted by atomic mass is 35.5. The highest BCUT2D eigenvalue weighted by molar-refractivity contribution is 7.12. The predicted octanol–water partition coefficient (Wildman–Crippen LogP) is 5.78. The fourth-order valence-electron chi connectivity index (χ4n) is 4.36. The van der Waals surface area contributed by atoms with Crippen LogP contribution in [-0.4, -0.2) is 22.0 Å². The Morgan fingerprint density at radius 1 is 1.29 bits per heavy atom. The van der Waals surface area contributed by atoms with Crippen LogP contribution in [0.4, 0.5) is 10.1 Å². The van der Waals surface area contributed by atoms with Crippen LogP contribution in [0.15, 0.2) is 53.1 Å². The minimum Gasteiger partial charge on any atom is -0.477 e. The molecule has 0 amide bonds. The van der Waals surface area contributed by atoms with Crippen molar-refractivity contribution in [2.24, 2.45) is 10.9 Å². The van der Waals surface area contributed by atoms with Gasteiger partial charge in [0.15, 0.2) is 5.82 Å². The maximum Gasteiger partial charge on any atom is 0.348 e. The fraction of sp³-hybridized carbons (Fsp3) is 0.240. The van der Waals surface area contributed by atoms with Gasteiger partial charge in [0.2, 0.25) is 11.9 Å². The van der Waals surface area contributed by atoms with Crippen molar-refractivity contribution in [1.29, 1.82) is 0 Å². The summed E-state index contributed by atoms with van der Waals surface area (Å²) in [4.78, 5) is 15.5. The van der Waals surface area contributed by atoms with E-state index in [9.17, 15) is 14.4 Å². The zero-order valence-corrected chi connectivity index (χ0v) is 19.6. The molecule has 1 aliphatic heterocycles. The van der Waals surface area contributed by atoms with Crippen molar-refractivity contribution in [3.8, 4) is 11.1 Å². The normalized spacial score (nSPS) is 16.3. The van der Waals surface area contributed by atoms with Crippen molar-refractivity contribution >= 4 is 45.9 Å². The lowest BCUT2D eigenvalue weighted by Crippen LogP contribution is -2.38. The molecule has 0 radical (unpaired) electrons. The Morgan fingerprint density at radius 2 is 2.09 bits per heavy atom. The first-order chi connectivity index (χ1) is 16.3. The van der Waals surface area contributed by atoms with Crippen molar-refractivity contribution < 1.29 is 24.2 Å². The Bertz CT molecular complexity index is 1360. The number of carbonyl (C=O) groups is 1. The van der Waals surface area contributed by atoms with Gasteiger partial charge in [-0.25, -0.2) is 9.18 Å². The van der Waals surface area contributed by atoms with Crippen molar-refractivity contribution in [1.82, 2.24) is 0 Å². The van der Waals surface area contributed by atoms with Gasteiger partial charge in [0.1, 0.15) is 4.88 Å². The van der Waals surface area contributed by atoms with Gasteiger partial charge in [-0.2, -0.15) is 0 Å². The van der Waals surface area contributed by atoms with Gasteiger partial charge in [0.05, 0.1) is 11.5 Å². The van der Waals surface area contributed by atoms with Gasteiger partial charge in [-0.1, -0.05) is 24.4 Å². The Balaban J connectivity index is 1.43.